The summed E-state index contributed by atoms with van der Waals surface area (Å²) in [5, 5.41) is 5.69. The summed E-state index contributed by atoms with van der Waals surface area (Å²) >= 11 is 5.98. The summed E-state index contributed by atoms with van der Waals surface area (Å²) in [7, 11) is 0. The van der Waals surface area contributed by atoms with E-state index in [4.69, 9.17) is 17.3 Å². The third-order valence-corrected chi connectivity index (χ3v) is 3.08. The summed E-state index contributed by atoms with van der Waals surface area (Å²) in [5.41, 5.74) is 6.57. The third-order valence-electron chi connectivity index (χ3n) is 2.75. The molecule has 0 aliphatic carbocycles. The molecule has 1 aromatic rings. The summed E-state index contributed by atoms with van der Waals surface area (Å²) in [6, 6.07) is 4.21. The van der Waals surface area contributed by atoms with Crippen LogP contribution in [0.4, 0.5) is 5.69 Å². The van der Waals surface area contributed by atoms with Gasteiger partial charge in [0.25, 0.3) is 5.91 Å². The van der Waals surface area contributed by atoms with Crippen molar-refractivity contribution in [2.75, 3.05) is 11.9 Å². The van der Waals surface area contributed by atoms with Crippen LogP contribution in [0.2, 0.25) is 5.02 Å². The molecule has 7 heteroatoms. The maximum atomic E-state index is 11.8. The van der Waals surface area contributed by atoms with Gasteiger partial charge < -0.3 is 16.4 Å². The Morgan fingerprint density at radius 1 is 1.33 bits per heavy atom. The van der Waals surface area contributed by atoms with Crippen molar-refractivity contribution in [2.45, 2.75) is 32.7 Å². The first-order valence-corrected chi connectivity index (χ1v) is 7.01. The van der Waals surface area contributed by atoms with Gasteiger partial charge in [0.05, 0.1) is 16.6 Å². The standard InChI is InChI=1S/C14H20ClN3O2.ClH/c1-3-5-12(16)14(20)18-9-6-7-11(15)10(8-9)13(19)17-4-2;/h6-8,12H,3-5,16H2,1-2H3,(H,17,19)(H,18,20);1H/t12-;/m0./s1. The Morgan fingerprint density at radius 3 is 2.57 bits per heavy atom. The van der Waals surface area contributed by atoms with E-state index in [0.29, 0.717) is 29.2 Å². The van der Waals surface area contributed by atoms with Crippen molar-refractivity contribution < 1.29 is 9.59 Å². The van der Waals surface area contributed by atoms with Crippen LogP contribution in [0.5, 0.6) is 0 Å². The van der Waals surface area contributed by atoms with E-state index in [1.807, 2.05) is 13.8 Å². The molecule has 4 N–H and O–H groups in total. The highest BCUT2D eigenvalue weighted by Gasteiger charge is 2.15. The molecule has 0 fully saturated rings. The average molecular weight is 334 g/mol. The molecule has 118 valence electrons. The van der Waals surface area contributed by atoms with E-state index >= 15 is 0 Å². The maximum absolute atomic E-state index is 11.8. The van der Waals surface area contributed by atoms with Gasteiger partial charge in [-0.15, -0.1) is 12.4 Å². The molecule has 0 bridgehead atoms. The Balaban J connectivity index is 0.00000400. The van der Waals surface area contributed by atoms with Crippen LogP contribution in [-0.2, 0) is 4.79 Å². The van der Waals surface area contributed by atoms with E-state index in [2.05, 4.69) is 10.6 Å². The highest BCUT2D eigenvalue weighted by Crippen LogP contribution is 2.20. The third kappa shape index (κ3) is 5.91. The predicted molar refractivity (Wildman–Crippen MR) is 88.2 cm³/mol. The van der Waals surface area contributed by atoms with Crippen molar-refractivity contribution in [1.29, 1.82) is 0 Å². The zero-order valence-corrected chi connectivity index (χ0v) is 13.7. The van der Waals surface area contributed by atoms with Crippen LogP contribution in [0.15, 0.2) is 18.2 Å². The molecule has 0 aliphatic rings. The van der Waals surface area contributed by atoms with Gasteiger partial charge in [-0.1, -0.05) is 24.9 Å². The van der Waals surface area contributed by atoms with Crippen molar-refractivity contribution >= 4 is 41.5 Å². The fraction of sp³-hybridized carbons (Fsp3) is 0.429. The minimum absolute atomic E-state index is 0. The lowest BCUT2D eigenvalue weighted by molar-refractivity contribution is -0.117. The molecule has 0 saturated carbocycles. The van der Waals surface area contributed by atoms with Gasteiger partial charge in [-0.3, -0.25) is 9.59 Å². The maximum Gasteiger partial charge on any atom is 0.252 e. The molecule has 0 aromatic heterocycles. The van der Waals surface area contributed by atoms with Crippen molar-refractivity contribution in [2.24, 2.45) is 5.73 Å². The highest BCUT2D eigenvalue weighted by molar-refractivity contribution is 6.34. The summed E-state index contributed by atoms with van der Waals surface area (Å²) in [6.45, 7) is 4.29. The van der Waals surface area contributed by atoms with Gasteiger partial charge in [-0.2, -0.15) is 0 Å². The topological polar surface area (TPSA) is 84.2 Å². The molecule has 0 spiro atoms. The van der Waals surface area contributed by atoms with Crippen molar-refractivity contribution in [3.8, 4) is 0 Å². The molecule has 2 amide bonds. The lowest BCUT2D eigenvalue weighted by atomic mass is 10.1. The number of nitrogens with two attached hydrogens (primary N) is 1. The molecule has 1 aromatic carbocycles. The second kappa shape index (κ2) is 9.60. The van der Waals surface area contributed by atoms with Crippen LogP contribution in [0.3, 0.4) is 0 Å². The summed E-state index contributed by atoms with van der Waals surface area (Å²) in [6.07, 6.45) is 1.45. The zero-order chi connectivity index (χ0) is 15.1. The van der Waals surface area contributed by atoms with Crippen molar-refractivity contribution in [1.82, 2.24) is 5.32 Å². The van der Waals surface area contributed by atoms with E-state index in [1.165, 1.54) is 0 Å². The Kier molecular flexibility index (Phi) is 9.01. The smallest absolute Gasteiger partial charge is 0.252 e. The van der Waals surface area contributed by atoms with Crippen LogP contribution in [-0.4, -0.2) is 24.4 Å². The number of anilines is 1. The van der Waals surface area contributed by atoms with E-state index < -0.39 is 6.04 Å². The van der Waals surface area contributed by atoms with Crippen LogP contribution < -0.4 is 16.4 Å². The first-order chi connectivity index (χ1) is 9.49. The molecule has 0 heterocycles. The van der Waals surface area contributed by atoms with Gasteiger partial charge >= 0.3 is 0 Å². The largest absolute Gasteiger partial charge is 0.352 e. The Morgan fingerprint density at radius 2 is 2.00 bits per heavy atom. The highest BCUT2D eigenvalue weighted by atomic mass is 35.5. The summed E-state index contributed by atoms with van der Waals surface area (Å²) < 4.78 is 0. The number of nitrogens with one attached hydrogen (secondary N) is 2. The molecule has 5 nitrogen and oxygen atoms in total. The Labute approximate surface area is 136 Å². The quantitative estimate of drug-likeness (QED) is 0.748. The number of benzene rings is 1. The van der Waals surface area contributed by atoms with Gasteiger partial charge in [0, 0.05) is 12.2 Å². The second-order valence-corrected chi connectivity index (χ2v) is 4.85. The lowest BCUT2D eigenvalue weighted by Gasteiger charge is -2.12. The average Bonchev–Trinajstić information content (AvgIpc) is 2.41. The monoisotopic (exact) mass is 333 g/mol. The number of carbonyl (C=O) groups is 2. The van der Waals surface area contributed by atoms with E-state index in [1.54, 1.807) is 18.2 Å². The molecule has 0 unspecified atom stereocenters. The fourth-order valence-electron chi connectivity index (χ4n) is 1.71. The van der Waals surface area contributed by atoms with Crippen molar-refractivity contribution in [3.05, 3.63) is 28.8 Å². The first kappa shape index (κ1) is 19.7. The summed E-state index contributed by atoms with van der Waals surface area (Å²) in [5.74, 6) is -0.539. The van der Waals surface area contributed by atoms with Crippen LogP contribution in [0, 0.1) is 0 Å². The molecule has 21 heavy (non-hydrogen) atoms. The number of carbonyl (C=O) groups excluding carboxylic acids is 2. The molecule has 1 atom stereocenters. The molecule has 1 rings (SSSR count). The fourth-order valence-corrected chi connectivity index (χ4v) is 1.91. The number of rotatable bonds is 6. The molecule has 0 aliphatic heterocycles. The zero-order valence-electron chi connectivity index (χ0n) is 12.1. The van der Waals surface area contributed by atoms with Crippen LogP contribution in [0.1, 0.15) is 37.0 Å². The molecule has 0 saturated heterocycles. The number of halogens is 2. The first-order valence-electron chi connectivity index (χ1n) is 6.63. The van der Waals surface area contributed by atoms with Crippen molar-refractivity contribution in [3.63, 3.8) is 0 Å². The van der Waals surface area contributed by atoms with Gasteiger partial charge in [-0.05, 0) is 31.5 Å². The van der Waals surface area contributed by atoms with Gasteiger partial charge in [0.1, 0.15) is 0 Å². The molecular formula is C14H21Cl2N3O2. The minimum atomic E-state index is -0.552. The van der Waals surface area contributed by atoms with E-state index in [0.717, 1.165) is 6.42 Å². The number of amides is 2. The van der Waals surface area contributed by atoms with Gasteiger partial charge in [0.2, 0.25) is 5.91 Å². The van der Waals surface area contributed by atoms with E-state index in [-0.39, 0.29) is 24.2 Å². The SMILES string of the molecule is CCC[C@H](N)C(=O)Nc1ccc(Cl)c(C(=O)NCC)c1.Cl. The Bertz CT molecular complexity index is 495. The van der Waals surface area contributed by atoms with Gasteiger partial charge in [-0.25, -0.2) is 0 Å². The number of hydrogen-bond donors (Lipinski definition) is 3. The Hall–Kier alpha value is -1.30. The minimum Gasteiger partial charge on any atom is -0.352 e. The molecule has 0 radical (unpaired) electrons. The summed E-state index contributed by atoms with van der Waals surface area (Å²) in [4.78, 5) is 23.6. The molecular weight excluding hydrogens is 313 g/mol. The van der Waals surface area contributed by atoms with Crippen LogP contribution in [0.25, 0.3) is 0 Å². The second-order valence-electron chi connectivity index (χ2n) is 4.44. The van der Waals surface area contributed by atoms with E-state index in [9.17, 15) is 9.59 Å². The normalized spacial score (nSPS) is 11.2. The number of hydrogen-bond acceptors (Lipinski definition) is 3. The van der Waals surface area contributed by atoms with Gasteiger partial charge in [0.15, 0.2) is 0 Å². The lowest BCUT2D eigenvalue weighted by Crippen LogP contribution is -2.35. The predicted octanol–water partition coefficient (Wildman–Crippen LogP) is 2.58. The van der Waals surface area contributed by atoms with Crippen LogP contribution >= 0.6 is 24.0 Å².